The fourth-order valence-electron chi connectivity index (χ4n) is 1.86. The van der Waals surface area contributed by atoms with Crippen LogP contribution in [0.4, 0.5) is 4.39 Å². The van der Waals surface area contributed by atoms with Crippen LogP contribution in [-0.4, -0.2) is 12.6 Å². The Kier molecular flexibility index (Phi) is 6.99. The van der Waals surface area contributed by atoms with Crippen molar-refractivity contribution in [2.45, 2.75) is 6.61 Å². The van der Waals surface area contributed by atoms with Crippen LogP contribution < -0.4 is 4.74 Å². The maximum absolute atomic E-state index is 13.6. The quantitative estimate of drug-likeness (QED) is 0.271. The molecule has 0 aliphatic carbocycles. The predicted octanol–water partition coefficient (Wildman–Crippen LogP) is 4.75. The molecule has 2 aromatic carbocycles. The lowest BCUT2D eigenvalue weighted by molar-refractivity contribution is -0.136. The van der Waals surface area contributed by atoms with Crippen molar-refractivity contribution in [1.82, 2.24) is 0 Å². The standard InChI is InChI=1S/C19H16FIO3/c1-2-11-23-19(22)10-8-14-7-9-18(17(21)12-14)24-13-15-5-3-4-6-16(15)20/h2-10,12H,1,11,13H2/b10-8+. The molecule has 0 fully saturated rings. The summed E-state index contributed by atoms with van der Waals surface area (Å²) in [4.78, 5) is 11.4. The molecule has 5 heteroatoms. The number of benzene rings is 2. The monoisotopic (exact) mass is 438 g/mol. The second-order valence-corrected chi connectivity index (χ2v) is 5.98. The molecule has 3 nitrogen and oxygen atoms in total. The smallest absolute Gasteiger partial charge is 0.331 e. The molecule has 0 saturated heterocycles. The van der Waals surface area contributed by atoms with Crippen LogP contribution in [-0.2, 0) is 16.1 Å². The molecule has 124 valence electrons. The van der Waals surface area contributed by atoms with Gasteiger partial charge in [-0.05, 0) is 52.4 Å². The van der Waals surface area contributed by atoms with Gasteiger partial charge < -0.3 is 9.47 Å². The van der Waals surface area contributed by atoms with Gasteiger partial charge in [0.15, 0.2) is 0 Å². The van der Waals surface area contributed by atoms with Crippen molar-refractivity contribution < 1.29 is 18.7 Å². The number of rotatable bonds is 7. The first kappa shape index (κ1) is 18.2. The first-order valence-corrected chi connectivity index (χ1v) is 8.29. The average molecular weight is 438 g/mol. The highest BCUT2D eigenvalue weighted by atomic mass is 127. The first-order valence-electron chi connectivity index (χ1n) is 7.21. The average Bonchev–Trinajstić information content (AvgIpc) is 2.58. The Morgan fingerprint density at radius 1 is 1.25 bits per heavy atom. The van der Waals surface area contributed by atoms with Crippen molar-refractivity contribution in [2.75, 3.05) is 6.61 Å². The van der Waals surface area contributed by atoms with Gasteiger partial charge in [0.05, 0.1) is 3.57 Å². The zero-order valence-corrected chi connectivity index (χ0v) is 15.0. The number of esters is 1. The van der Waals surface area contributed by atoms with E-state index in [4.69, 9.17) is 9.47 Å². The number of ether oxygens (including phenoxy) is 2. The minimum atomic E-state index is -0.426. The van der Waals surface area contributed by atoms with Crippen LogP contribution in [0.5, 0.6) is 5.75 Å². The van der Waals surface area contributed by atoms with Gasteiger partial charge in [-0.2, -0.15) is 0 Å². The molecule has 0 heterocycles. The van der Waals surface area contributed by atoms with Crippen LogP contribution in [0.15, 0.2) is 61.2 Å². The lowest BCUT2D eigenvalue weighted by Crippen LogP contribution is -2.00. The van der Waals surface area contributed by atoms with Gasteiger partial charge in [0.25, 0.3) is 0 Å². The summed E-state index contributed by atoms with van der Waals surface area (Å²) in [6.07, 6.45) is 4.53. The summed E-state index contributed by atoms with van der Waals surface area (Å²) in [5, 5.41) is 0. The summed E-state index contributed by atoms with van der Waals surface area (Å²) in [5.41, 5.74) is 1.34. The zero-order chi connectivity index (χ0) is 17.4. The van der Waals surface area contributed by atoms with E-state index in [2.05, 4.69) is 29.2 Å². The summed E-state index contributed by atoms with van der Waals surface area (Å²) in [7, 11) is 0. The van der Waals surface area contributed by atoms with Crippen LogP contribution in [0.3, 0.4) is 0 Å². The summed E-state index contributed by atoms with van der Waals surface area (Å²) in [6.45, 7) is 3.82. The molecule has 2 aromatic rings. The summed E-state index contributed by atoms with van der Waals surface area (Å²) >= 11 is 2.14. The summed E-state index contributed by atoms with van der Waals surface area (Å²) in [6, 6.07) is 12.0. The Morgan fingerprint density at radius 2 is 2.04 bits per heavy atom. The molecule has 0 unspecified atom stereocenters. The minimum absolute atomic E-state index is 0.158. The van der Waals surface area contributed by atoms with E-state index in [0.29, 0.717) is 11.3 Å². The SMILES string of the molecule is C=CCOC(=O)/C=C/c1ccc(OCc2ccccc2F)c(I)c1. The van der Waals surface area contributed by atoms with E-state index >= 15 is 0 Å². The molecule has 0 amide bonds. The molecule has 0 N–H and O–H groups in total. The van der Waals surface area contributed by atoms with Crippen molar-refractivity contribution >= 4 is 34.6 Å². The van der Waals surface area contributed by atoms with E-state index in [1.54, 1.807) is 30.3 Å². The van der Waals surface area contributed by atoms with Crippen LogP contribution in [0.1, 0.15) is 11.1 Å². The number of halogens is 2. The summed E-state index contributed by atoms with van der Waals surface area (Å²) in [5.74, 6) is -0.0554. The van der Waals surface area contributed by atoms with Gasteiger partial charge in [0, 0.05) is 11.6 Å². The van der Waals surface area contributed by atoms with Gasteiger partial charge >= 0.3 is 5.97 Å². The minimum Gasteiger partial charge on any atom is -0.488 e. The fourth-order valence-corrected chi connectivity index (χ4v) is 2.56. The number of carbonyl (C=O) groups is 1. The Bertz CT molecular complexity index is 756. The normalized spacial score (nSPS) is 10.6. The third-order valence-corrected chi connectivity index (χ3v) is 3.90. The second-order valence-electron chi connectivity index (χ2n) is 4.82. The van der Waals surface area contributed by atoms with Crippen molar-refractivity contribution in [2.24, 2.45) is 0 Å². The van der Waals surface area contributed by atoms with Crippen LogP contribution in [0, 0.1) is 9.39 Å². The predicted molar refractivity (Wildman–Crippen MR) is 100 cm³/mol. The number of hydrogen-bond donors (Lipinski definition) is 0. The van der Waals surface area contributed by atoms with Crippen LogP contribution >= 0.6 is 22.6 Å². The molecule has 0 saturated carbocycles. The van der Waals surface area contributed by atoms with Crippen molar-refractivity contribution in [3.8, 4) is 5.75 Å². The first-order chi connectivity index (χ1) is 11.6. The molecular formula is C19H16FIO3. The highest BCUT2D eigenvalue weighted by Crippen LogP contribution is 2.24. The molecule has 0 atom stereocenters. The van der Waals surface area contributed by atoms with E-state index in [-0.39, 0.29) is 19.0 Å². The molecule has 2 rings (SSSR count). The van der Waals surface area contributed by atoms with Gasteiger partial charge in [-0.1, -0.05) is 36.9 Å². The largest absolute Gasteiger partial charge is 0.488 e. The topological polar surface area (TPSA) is 35.5 Å². The Labute approximate surface area is 153 Å². The van der Waals surface area contributed by atoms with E-state index in [1.165, 1.54) is 18.2 Å². The zero-order valence-electron chi connectivity index (χ0n) is 12.9. The van der Waals surface area contributed by atoms with Crippen molar-refractivity contribution in [3.05, 3.63) is 81.7 Å². The van der Waals surface area contributed by atoms with Gasteiger partial charge in [-0.25, -0.2) is 9.18 Å². The van der Waals surface area contributed by atoms with E-state index < -0.39 is 5.97 Å². The lowest BCUT2D eigenvalue weighted by atomic mass is 10.2. The maximum Gasteiger partial charge on any atom is 0.331 e. The van der Waals surface area contributed by atoms with Gasteiger partial charge in [-0.3, -0.25) is 0 Å². The molecule has 0 aliphatic heterocycles. The molecule has 0 radical (unpaired) electrons. The fraction of sp³-hybridized carbons (Fsp3) is 0.105. The van der Waals surface area contributed by atoms with E-state index in [9.17, 15) is 9.18 Å². The molecule has 24 heavy (non-hydrogen) atoms. The molecule has 0 aliphatic rings. The second kappa shape index (κ2) is 9.22. The molecule has 0 aromatic heterocycles. The van der Waals surface area contributed by atoms with Gasteiger partial charge in [-0.15, -0.1) is 0 Å². The third-order valence-electron chi connectivity index (χ3n) is 3.05. The van der Waals surface area contributed by atoms with Gasteiger partial charge in [0.1, 0.15) is 24.8 Å². The summed E-state index contributed by atoms with van der Waals surface area (Å²) < 4.78 is 25.0. The Hall–Kier alpha value is -2.15. The molecule has 0 spiro atoms. The van der Waals surface area contributed by atoms with Gasteiger partial charge in [0.2, 0.25) is 0 Å². The Balaban J connectivity index is 1.99. The van der Waals surface area contributed by atoms with Crippen LogP contribution in [0.2, 0.25) is 0 Å². The lowest BCUT2D eigenvalue weighted by Gasteiger charge is -2.09. The highest BCUT2D eigenvalue weighted by Gasteiger charge is 2.05. The highest BCUT2D eigenvalue weighted by molar-refractivity contribution is 14.1. The molecule has 0 bridgehead atoms. The number of carbonyl (C=O) groups excluding carboxylic acids is 1. The van der Waals surface area contributed by atoms with E-state index in [1.807, 2.05) is 12.1 Å². The van der Waals surface area contributed by atoms with Crippen molar-refractivity contribution in [1.29, 1.82) is 0 Å². The van der Waals surface area contributed by atoms with E-state index in [0.717, 1.165) is 9.13 Å². The number of hydrogen-bond acceptors (Lipinski definition) is 3. The van der Waals surface area contributed by atoms with Crippen molar-refractivity contribution in [3.63, 3.8) is 0 Å². The Morgan fingerprint density at radius 3 is 2.75 bits per heavy atom. The third kappa shape index (κ3) is 5.49. The maximum atomic E-state index is 13.6. The van der Waals surface area contributed by atoms with Crippen LogP contribution in [0.25, 0.3) is 6.08 Å². The molecular weight excluding hydrogens is 422 g/mol.